The van der Waals surface area contributed by atoms with Gasteiger partial charge in [0.15, 0.2) is 5.82 Å². The maximum Gasteiger partial charge on any atom is 0.227 e. The Labute approximate surface area is 138 Å². The number of hydrogen-bond donors (Lipinski definition) is 1. The molecule has 0 saturated heterocycles. The molecular weight excluding hydrogens is 305 g/mol. The molecule has 0 fully saturated rings. The van der Waals surface area contributed by atoms with Gasteiger partial charge in [0.05, 0.1) is 18.1 Å². The van der Waals surface area contributed by atoms with Crippen LogP contribution in [-0.2, 0) is 0 Å². The van der Waals surface area contributed by atoms with E-state index in [1.165, 1.54) is 6.20 Å². The fourth-order valence-electron chi connectivity index (χ4n) is 1.96. The van der Waals surface area contributed by atoms with Crippen molar-refractivity contribution in [2.45, 2.75) is 0 Å². The van der Waals surface area contributed by atoms with Crippen LogP contribution in [0.1, 0.15) is 17.0 Å². The normalized spacial score (nSPS) is 10.5. The summed E-state index contributed by atoms with van der Waals surface area (Å²) in [5, 5.41) is 11.7. The molecule has 3 aromatic rings. The van der Waals surface area contributed by atoms with Crippen LogP contribution < -0.4 is 5.32 Å². The summed E-state index contributed by atoms with van der Waals surface area (Å²) in [6.07, 6.45) is 5.97. The number of anilines is 2. The van der Waals surface area contributed by atoms with Crippen LogP contribution in [0, 0.1) is 17.1 Å². The van der Waals surface area contributed by atoms with E-state index in [0.717, 1.165) is 11.8 Å². The molecule has 0 amide bonds. The van der Waals surface area contributed by atoms with Gasteiger partial charge >= 0.3 is 0 Å². The lowest BCUT2D eigenvalue weighted by Gasteiger charge is -2.05. The van der Waals surface area contributed by atoms with E-state index in [-0.39, 0.29) is 11.6 Å². The van der Waals surface area contributed by atoms with Crippen molar-refractivity contribution < 1.29 is 4.39 Å². The first-order valence-electron chi connectivity index (χ1n) is 7.13. The van der Waals surface area contributed by atoms with E-state index >= 15 is 0 Å². The summed E-state index contributed by atoms with van der Waals surface area (Å²) in [6.45, 7) is 0. The smallest absolute Gasteiger partial charge is 0.227 e. The Morgan fingerprint density at radius 1 is 1.00 bits per heavy atom. The van der Waals surface area contributed by atoms with Crippen LogP contribution in [0.2, 0.25) is 0 Å². The Kier molecular flexibility index (Phi) is 4.54. The Balaban J connectivity index is 1.80. The van der Waals surface area contributed by atoms with Crippen molar-refractivity contribution in [3.05, 3.63) is 77.6 Å². The molecule has 0 aliphatic carbocycles. The Bertz CT molecular complexity index is 899. The average Bonchev–Trinajstić information content (AvgIpc) is 2.63. The summed E-state index contributed by atoms with van der Waals surface area (Å²) >= 11 is 0. The quantitative estimate of drug-likeness (QED) is 0.792. The zero-order valence-electron chi connectivity index (χ0n) is 12.5. The molecule has 2 heterocycles. The summed E-state index contributed by atoms with van der Waals surface area (Å²) in [4.78, 5) is 12.0. The SMILES string of the molecule is N#Cc1ccc(Nc2ncc(F)c(C=Cc3ccccc3)n2)cn1. The largest absolute Gasteiger partial charge is 0.323 e. The third-order valence-electron chi connectivity index (χ3n) is 3.14. The van der Waals surface area contributed by atoms with Crippen LogP contribution in [0.15, 0.2) is 54.9 Å². The van der Waals surface area contributed by atoms with Crippen LogP contribution in [0.25, 0.3) is 12.2 Å². The molecule has 0 aliphatic heterocycles. The van der Waals surface area contributed by atoms with Crippen molar-refractivity contribution in [1.29, 1.82) is 5.26 Å². The zero-order valence-corrected chi connectivity index (χ0v) is 12.5. The molecule has 0 aliphatic rings. The maximum atomic E-state index is 13.9. The van der Waals surface area contributed by atoms with Gasteiger partial charge in [-0.2, -0.15) is 5.26 Å². The van der Waals surface area contributed by atoms with Crippen molar-refractivity contribution in [2.75, 3.05) is 5.32 Å². The highest BCUT2D eigenvalue weighted by Crippen LogP contribution is 2.15. The summed E-state index contributed by atoms with van der Waals surface area (Å²) < 4.78 is 13.9. The van der Waals surface area contributed by atoms with Gasteiger partial charge in [-0.1, -0.05) is 36.4 Å². The number of hydrogen-bond acceptors (Lipinski definition) is 5. The standard InChI is InChI=1S/C18H12FN5/c19-16-12-22-18(23-15-8-7-14(10-20)21-11-15)24-17(16)9-6-13-4-2-1-3-5-13/h1-9,11-12H,(H,22,23,24). The van der Waals surface area contributed by atoms with Crippen molar-refractivity contribution in [2.24, 2.45) is 0 Å². The summed E-state index contributed by atoms with van der Waals surface area (Å²) in [5.74, 6) is -0.263. The fourth-order valence-corrected chi connectivity index (χ4v) is 1.96. The van der Waals surface area contributed by atoms with Gasteiger partial charge in [0, 0.05) is 0 Å². The van der Waals surface area contributed by atoms with E-state index in [4.69, 9.17) is 5.26 Å². The lowest BCUT2D eigenvalue weighted by Crippen LogP contribution is -2.00. The molecule has 0 atom stereocenters. The van der Waals surface area contributed by atoms with Crippen molar-refractivity contribution in [3.63, 3.8) is 0 Å². The minimum atomic E-state index is -0.509. The number of halogens is 1. The number of pyridine rings is 1. The van der Waals surface area contributed by atoms with E-state index in [0.29, 0.717) is 11.4 Å². The number of rotatable bonds is 4. The molecule has 2 aromatic heterocycles. The lowest BCUT2D eigenvalue weighted by molar-refractivity contribution is 0.611. The van der Waals surface area contributed by atoms with Gasteiger partial charge in [-0.05, 0) is 23.8 Å². The maximum absolute atomic E-state index is 13.9. The van der Waals surface area contributed by atoms with Crippen molar-refractivity contribution >= 4 is 23.8 Å². The first-order valence-corrected chi connectivity index (χ1v) is 7.13. The summed E-state index contributed by atoms with van der Waals surface area (Å²) in [7, 11) is 0. The third-order valence-corrected chi connectivity index (χ3v) is 3.14. The van der Waals surface area contributed by atoms with E-state index in [2.05, 4.69) is 20.3 Å². The van der Waals surface area contributed by atoms with Crippen molar-refractivity contribution in [3.8, 4) is 6.07 Å². The molecule has 116 valence electrons. The molecule has 5 nitrogen and oxygen atoms in total. The van der Waals surface area contributed by atoms with E-state index in [1.807, 2.05) is 36.4 Å². The highest BCUT2D eigenvalue weighted by atomic mass is 19.1. The second-order valence-electron chi connectivity index (χ2n) is 4.84. The molecular formula is C18H12FN5. The number of nitriles is 1. The van der Waals surface area contributed by atoms with E-state index < -0.39 is 5.82 Å². The van der Waals surface area contributed by atoms with Crippen LogP contribution in [0.4, 0.5) is 16.0 Å². The lowest BCUT2D eigenvalue weighted by atomic mass is 10.2. The molecule has 0 unspecified atom stereocenters. The minimum absolute atomic E-state index is 0.179. The number of nitrogens with zero attached hydrogens (tertiary/aromatic N) is 4. The van der Waals surface area contributed by atoms with Crippen LogP contribution in [-0.4, -0.2) is 15.0 Å². The van der Waals surface area contributed by atoms with Crippen LogP contribution >= 0.6 is 0 Å². The predicted octanol–water partition coefficient (Wildman–Crippen LogP) is 3.80. The Morgan fingerprint density at radius 3 is 2.54 bits per heavy atom. The van der Waals surface area contributed by atoms with Gasteiger partial charge in [-0.3, -0.25) is 0 Å². The second-order valence-corrected chi connectivity index (χ2v) is 4.84. The predicted molar refractivity (Wildman–Crippen MR) is 89.6 cm³/mol. The third kappa shape index (κ3) is 3.78. The Hall–Kier alpha value is -3.59. The molecule has 3 rings (SSSR count). The molecule has 24 heavy (non-hydrogen) atoms. The molecule has 0 saturated carbocycles. The second kappa shape index (κ2) is 7.11. The zero-order chi connectivity index (χ0) is 16.8. The fraction of sp³-hybridized carbons (Fsp3) is 0. The number of nitrogens with one attached hydrogen (secondary N) is 1. The molecule has 0 spiro atoms. The van der Waals surface area contributed by atoms with Crippen LogP contribution in [0.3, 0.4) is 0 Å². The van der Waals surface area contributed by atoms with Gasteiger partial charge in [-0.25, -0.2) is 19.3 Å². The Morgan fingerprint density at radius 2 is 1.83 bits per heavy atom. The van der Waals surface area contributed by atoms with Gasteiger partial charge < -0.3 is 5.32 Å². The first kappa shape index (κ1) is 15.3. The van der Waals surface area contributed by atoms with Gasteiger partial charge in [-0.15, -0.1) is 0 Å². The van der Waals surface area contributed by atoms with E-state index in [9.17, 15) is 4.39 Å². The first-order chi connectivity index (χ1) is 11.7. The molecule has 0 bridgehead atoms. The van der Waals surface area contributed by atoms with Crippen molar-refractivity contribution in [1.82, 2.24) is 15.0 Å². The number of benzene rings is 1. The highest BCUT2D eigenvalue weighted by Gasteiger charge is 2.05. The average molecular weight is 317 g/mol. The minimum Gasteiger partial charge on any atom is -0.323 e. The number of aromatic nitrogens is 3. The van der Waals surface area contributed by atoms with Crippen LogP contribution in [0.5, 0.6) is 0 Å². The van der Waals surface area contributed by atoms with Gasteiger partial charge in [0.1, 0.15) is 17.5 Å². The molecule has 6 heteroatoms. The summed E-state index contributed by atoms with van der Waals surface area (Å²) in [5.41, 5.74) is 2.05. The molecule has 1 N–H and O–H groups in total. The van der Waals surface area contributed by atoms with E-state index in [1.54, 1.807) is 24.3 Å². The molecule has 0 radical (unpaired) electrons. The van der Waals surface area contributed by atoms with Gasteiger partial charge in [0.2, 0.25) is 5.95 Å². The molecule has 1 aromatic carbocycles. The monoisotopic (exact) mass is 317 g/mol. The highest BCUT2D eigenvalue weighted by molar-refractivity contribution is 5.68. The van der Waals surface area contributed by atoms with Gasteiger partial charge in [0.25, 0.3) is 0 Å². The summed E-state index contributed by atoms with van der Waals surface area (Å²) in [6, 6.07) is 14.7. The topological polar surface area (TPSA) is 74.5 Å².